The van der Waals surface area contributed by atoms with Crippen LogP contribution in [0, 0.1) is 0 Å². The van der Waals surface area contributed by atoms with E-state index < -0.39 is 0 Å². The molecule has 1 amide bonds. The number of oxazole rings is 1. The average molecular weight is 203 g/mol. The molecule has 0 aromatic carbocycles. The predicted molar refractivity (Wildman–Crippen MR) is 53.1 cm³/mol. The van der Waals surface area contributed by atoms with Crippen molar-refractivity contribution in [2.75, 3.05) is 5.32 Å². The van der Waals surface area contributed by atoms with Gasteiger partial charge in [-0.15, -0.1) is 0 Å². The molecule has 0 saturated carbocycles. The van der Waals surface area contributed by atoms with Gasteiger partial charge in [0.05, 0.1) is 12.1 Å². The normalized spacial score (nSPS) is 9.87. The molecule has 0 aliphatic heterocycles. The van der Waals surface area contributed by atoms with Crippen LogP contribution in [0.4, 0.5) is 5.82 Å². The minimum Gasteiger partial charge on any atom is -0.451 e. The first-order chi connectivity index (χ1) is 7.34. The van der Waals surface area contributed by atoms with Crippen LogP contribution in [0.3, 0.4) is 0 Å². The van der Waals surface area contributed by atoms with Crippen LogP contribution in [0.5, 0.6) is 0 Å². The molecule has 76 valence electrons. The van der Waals surface area contributed by atoms with Crippen molar-refractivity contribution in [2.24, 2.45) is 0 Å². The first-order valence-corrected chi connectivity index (χ1v) is 4.42. The van der Waals surface area contributed by atoms with Gasteiger partial charge in [0.1, 0.15) is 12.1 Å². The van der Waals surface area contributed by atoms with Crippen molar-refractivity contribution < 1.29 is 9.21 Å². The molecule has 2 aromatic heterocycles. The van der Waals surface area contributed by atoms with Gasteiger partial charge in [-0.05, 0) is 12.1 Å². The second-order valence-electron chi connectivity index (χ2n) is 2.92. The average Bonchev–Trinajstić information content (AvgIpc) is 2.71. The van der Waals surface area contributed by atoms with Crippen LogP contribution in [-0.2, 0) is 11.2 Å². The Morgan fingerprint density at radius 3 is 3.00 bits per heavy atom. The molecular weight excluding hydrogens is 194 g/mol. The van der Waals surface area contributed by atoms with Gasteiger partial charge in [-0.25, -0.2) is 9.97 Å². The molecule has 5 heteroatoms. The summed E-state index contributed by atoms with van der Waals surface area (Å²) >= 11 is 0. The Morgan fingerprint density at radius 2 is 2.33 bits per heavy atom. The number of rotatable bonds is 3. The van der Waals surface area contributed by atoms with Crippen LogP contribution in [-0.4, -0.2) is 15.9 Å². The number of carbonyl (C=O) groups excluding carboxylic acids is 1. The third kappa shape index (κ3) is 2.63. The second-order valence-corrected chi connectivity index (χ2v) is 2.92. The van der Waals surface area contributed by atoms with E-state index in [0.29, 0.717) is 11.5 Å². The Balaban J connectivity index is 1.94. The van der Waals surface area contributed by atoms with E-state index in [0.717, 1.165) is 0 Å². The van der Waals surface area contributed by atoms with E-state index in [1.165, 1.54) is 12.7 Å². The summed E-state index contributed by atoms with van der Waals surface area (Å²) in [6.07, 6.45) is 4.54. The fraction of sp³-hybridized carbons (Fsp3) is 0.100. The number of pyridine rings is 1. The summed E-state index contributed by atoms with van der Waals surface area (Å²) < 4.78 is 4.76. The van der Waals surface area contributed by atoms with E-state index >= 15 is 0 Å². The molecule has 0 spiro atoms. The van der Waals surface area contributed by atoms with Crippen molar-refractivity contribution in [3.63, 3.8) is 0 Å². The lowest BCUT2D eigenvalue weighted by atomic mass is 10.3. The van der Waals surface area contributed by atoms with Crippen molar-refractivity contribution in [1.82, 2.24) is 9.97 Å². The third-order valence-electron chi connectivity index (χ3n) is 1.76. The monoisotopic (exact) mass is 203 g/mol. The quantitative estimate of drug-likeness (QED) is 0.815. The molecule has 2 rings (SSSR count). The summed E-state index contributed by atoms with van der Waals surface area (Å²) in [7, 11) is 0. The van der Waals surface area contributed by atoms with Crippen LogP contribution >= 0.6 is 0 Å². The van der Waals surface area contributed by atoms with Crippen LogP contribution in [0.15, 0.2) is 41.5 Å². The Hall–Kier alpha value is -2.17. The summed E-state index contributed by atoms with van der Waals surface area (Å²) in [5.74, 6) is 0.369. The number of carbonyl (C=O) groups is 1. The standard InChI is InChI=1S/C10H9N3O2/c14-10(5-8-6-15-7-12-8)13-9-3-1-2-4-11-9/h1-4,6-7H,5H2,(H,11,13,14). The molecule has 0 aliphatic carbocycles. The van der Waals surface area contributed by atoms with Gasteiger partial charge in [0.25, 0.3) is 0 Å². The molecule has 15 heavy (non-hydrogen) atoms. The lowest BCUT2D eigenvalue weighted by molar-refractivity contribution is -0.115. The zero-order valence-electron chi connectivity index (χ0n) is 7.88. The first-order valence-electron chi connectivity index (χ1n) is 4.42. The number of hydrogen-bond acceptors (Lipinski definition) is 4. The van der Waals surface area contributed by atoms with E-state index in [4.69, 9.17) is 4.42 Å². The lowest BCUT2D eigenvalue weighted by Crippen LogP contribution is -2.15. The van der Waals surface area contributed by atoms with Crippen LogP contribution in [0.1, 0.15) is 5.69 Å². The van der Waals surface area contributed by atoms with Crippen LogP contribution in [0.25, 0.3) is 0 Å². The molecule has 0 bridgehead atoms. The summed E-state index contributed by atoms with van der Waals surface area (Å²) in [6.45, 7) is 0. The fourth-order valence-corrected chi connectivity index (χ4v) is 1.11. The summed E-state index contributed by atoms with van der Waals surface area (Å²) in [5, 5.41) is 2.65. The van der Waals surface area contributed by atoms with Gasteiger partial charge in [0, 0.05) is 6.20 Å². The van der Waals surface area contributed by atoms with Gasteiger partial charge in [0.2, 0.25) is 5.91 Å². The molecule has 0 fully saturated rings. The molecule has 0 atom stereocenters. The zero-order chi connectivity index (χ0) is 10.5. The first kappa shape index (κ1) is 9.39. The molecule has 0 saturated heterocycles. The highest BCUT2D eigenvalue weighted by Crippen LogP contribution is 2.02. The summed E-state index contributed by atoms with van der Waals surface area (Å²) in [4.78, 5) is 19.3. The van der Waals surface area contributed by atoms with Gasteiger partial charge in [0.15, 0.2) is 6.39 Å². The lowest BCUT2D eigenvalue weighted by Gasteiger charge is -2.01. The summed E-state index contributed by atoms with van der Waals surface area (Å²) in [6, 6.07) is 5.31. The molecule has 0 unspecified atom stereocenters. The smallest absolute Gasteiger partial charge is 0.231 e. The summed E-state index contributed by atoms with van der Waals surface area (Å²) in [5.41, 5.74) is 0.600. The van der Waals surface area contributed by atoms with E-state index in [9.17, 15) is 4.79 Å². The van der Waals surface area contributed by atoms with Gasteiger partial charge in [-0.2, -0.15) is 0 Å². The van der Waals surface area contributed by atoms with Gasteiger partial charge >= 0.3 is 0 Å². The van der Waals surface area contributed by atoms with Crippen molar-refractivity contribution in [2.45, 2.75) is 6.42 Å². The number of nitrogens with one attached hydrogen (secondary N) is 1. The SMILES string of the molecule is O=C(Cc1cocn1)Nc1ccccn1. The van der Waals surface area contributed by atoms with E-state index in [2.05, 4.69) is 15.3 Å². The van der Waals surface area contributed by atoms with Crippen molar-refractivity contribution in [1.29, 1.82) is 0 Å². The maximum atomic E-state index is 11.4. The Bertz CT molecular complexity index is 425. The molecule has 0 radical (unpaired) electrons. The van der Waals surface area contributed by atoms with E-state index in [1.54, 1.807) is 24.4 Å². The maximum Gasteiger partial charge on any atom is 0.231 e. The van der Waals surface area contributed by atoms with Crippen LogP contribution < -0.4 is 5.32 Å². The van der Waals surface area contributed by atoms with Crippen molar-refractivity contribution >= 4 is 11.7 Å². The molecular formula is C10H9N3O2. The van der Waals surface area contributed by atoms with E-state index in [-0.39, 0.29) is 12.3 Å². The zero-order valence-corrected chi connectivity index (χ0v) is 7.88. The Labute approximate surface area is 86.2 Å². The van der Waals surface area contributed by atoms with Crippen LogP contribution in [0.2, 0.25) is 0 Å². The molecule has 0 aliphatic rings. The molecule has 2 aromatic rings. The number of amides is 1. The molecule has 5 nitrogen and oxygen atoms in total. The predicted octanol–water partition coefficient (Wildman–Crippen LogP) is 1.25. The number of hydrogen-bond donors (Lipinski definition) is 1. The minimum absolute atomic E-state index is 0.164. The molecule has 1 N–H and O–H groups in total. The van der Waals surface area contributed by atoms with E-state index in [1.807, 2.05) is 0 Å². The molecule has 2 heterocycles. The van der Waals surface area contributed by atoms with Gasteiger partial charge < -0.3 is 9.73 Å². The minimum atomic E-state index is -0.164. The number of anilines is 1. The highest BCUT2D eigenvalue weighted by atomic mass is 16.3. The van der Waals surface area contributed by atoms with Gasteiger partial charge in [-0.1, -0.05) is 6.07 Å². The fourth-order valence-electron chi connectivity index (χ4n) is 1.11. The topological polar surface area (TPSA) is 68.0 Å². The third-order valence-corrected chi connectivity index (χ3v) is 1.76. The Kier molecular flexibility index (Phi) is 2.73. The van der Waals surface area contributed by atoms with Crippen molar-refractivity contribution in [3.8, 4) is 0 Å². The highest BCUT2D eigenvalue weighted by Gasteiger charge is 2.06. The maximum absolute atomic E-state index is 11.4. The number of aromatic nitrogens is 2. The Morgan fingerprint density at radius 1 is 1.40 bits per heavy atom. The second kappa shape index (κ2) is 4.36. The van der Waals surface area contributed by atoms with Gasteiger partial charge in [-0.3, -0.25) is 4.79 Å². The largest absolute Gasteiger partial charge is 0.451 e. The van der Waals surface area contributed by atoms with Crippen molar-refractivity contribution in [3.05, 3.63) is 42.7 Å². The number of nitrogens with zero attached hydrogens (tertiary/aromatic N) is 2. The highest BCUT2D eigenvalue weighted by molar-refractivity contribution is 5.90.